The number of carbonyl (C=O) groups excluding carboxylic acids is 1. The van der Waals surface area contributed by atoms with Crippen molar-refractivity contribution in [2.75, 3.05) is 7.05 Å². The van der Waals surface area contributed by atoms with E-state index in [1.54, 1.807) is 13.1 Å². The standard InChI is InChI=1S/C10H20F3NOSi/c1-9(2,3)7-16(5,6)14(4)8(15)10(11,12)13/h7H2,1-6H3. The van der Waals surface area contributed by atoms with Gasteiger partial charge in [-0.25, -0.2) is 0 Å². The molecule has 0 atom stereocenters. The van der Waals surface area contributed by atoms with Gasteiger partial charge in [0.05, 0.1) is 0 Å². The van der Waals surface area contributed by atoms with Gasteiger partial charge in [0.15, 0.2) is 8.24 Å². The van der Waals surface area contributed by atoms with Crippen molar-refractivity contribution in [3.63, 3.8) is 0 Å². The van der Waals surface area contributed by atoms with Crippen molar-refractivity contribution in [2.45, 2.75) is 46.1 Å². The lowest BCUT2D eigenvalue weighted by molar-refractivity contribution is -0.180. The Hall–Kier alpha value is -0.523. The molecule has 0 heterocycles. The highest BCUT2D eigenvalue weighted by Gasteiger charge is 2.46. The Bertz CT molecular complexity index is 268. The van der Waals surface area contributed by atoms with E-state index in [-0.39, 0.29) is 5.41 Å². The molecule has 0 rings (SSSR count). The molecule has 0 saturated heterocycles. The summed E-state index contributed by atoms with van der Waals surface area (Å²) in [5.41, 5.74) is -0.0736. The maximum absolute atomic E-state index is 12.3. The molecule has 0 aromatic carbocycles. The van der Waals surface area contributed by atoms with Gasteiger partial charge in [0.25, 0.3) is 0 Å². The molecule has 2 nitrogen and oxygen atoms in total. The van der Waals surface area contributed by atoms with Gasteiger partial charge in [0.1, 0.15) is 0 Å². The highest BCUT2D eigenvalue weighted by atomic mass is 28.3. The first-order valence-corrected chi connectivity index (χ1v) is 8.28. The van der Waals surface area contributed by atoms with Crippen LogP contribution in [0.3, 0.4) is 0 Å². The Balaban J connectivity index is 4.84. The third kappa shape index (κ3) is 4.55. The van der Waals surface area contributed by atoms with Gasteiger partial charge in [-0.15, -0.1) is 0 Å². The number of carbonyl (C=O) groups is 1. The number of rotatable bonds is 2. The Labute approximate surface area is 95.9 Å². The van der Waals surface area contributed by atoms with E-state index in [2.05, 4.69) is 0 Å². The molecule has 0 unspecified atom stereocenters. The fourth-order valence-corrected chi connectivity index (χ4v) is 5.39. The molecule has 0 bridgehead atoms. The minimum absolute atomic E-state index is 0.0736. The molecule has 0 aliphatic rings. The number of halogens is 3. The van der Waals surface area contributed by atoms with Crippen LogP contribution in [0.4, 0.5) is 13.2 Å². The molecule has 0 fully saturated rings. The van der Waals surface area contributed by atoms with E-state index < -0.39 is 20.3 Å². The second-order valence-electron chi connectivity index (χ2n) is 5.91. The van der Waals surface area contributed by atoms with Crippen LogP contribution in [0.25, 0.3) is 0 Å². The van der Waals surface area contributed by atoms with Crippen LogP contribution >= 0.6 is 0 Å². The zero-order chi connectivity index (χ0) is 13.4. The van der Waals surface area contributed by atoms with Gasteiger partial charge in [-0.3, -0.25) is 4.79 Å². The van der Waals surface area contributed by atoms with E-state index in [0.717, 1.165) is 4.57 Å². The molecule has 0 aliphatic heterocycles. The average Bonchev–Trinajstić information content (AvgIpc) is 1.95. The van der Waals surface area contributed by atoms with E-state index in [9.17, 15) is 18.0 Å². The van der Waals surface area contributed by atoms with E-state index in [1.807, 2.05) is 20.8 Å². The second kappa shape index (κ2) is 4.39. The summed E-state index contributed by atoms with van der Waals surface area (Å²) in [7, 11) is -1.09. The van der Waals surface area contributed by atoms with Crippen LogP contribution in [-0.4, -0.2) is 31.9 Å². The predicted molar refractivity (Wildman–Crippen MR) is 60.6 cm³/mol. The van der Waals surface area contributed by atoms with Crippen molar-refractivity contribution >= 4 is 14.1 Å². The smallest absolute Gasteiger partial charge is 0.365 e. The number of hydrogen-bond donors (Lipinski definition) is 0. The quantitative estimate of drug-likeness (QED) is 0.694. The minimum Gasteiger partial charge on any atom is -0.365 e. The molecule has 0 saturated carbocycles. The van der Waals surface area contributed by atoms with Crippen LogP contribution in [0, 0.1) is 5.41 Å². The Kier molecular flexibility index (Phi) is 4.25. The van der Waals surface area contributed by atoms with Crippen LogP contribution in [0.2, 0.25) is 19.1 Å². The summed E-state index contributed by atoms with van der Waals surface area (Å²) in [6, 6.07) is 0.637. The monoisotopic (exact) mass is 255 g/mol. The summed E-state index contributed by atoms with van der Waals surface area (Å²) in [5, 5.41) is 0. The first kappa shape index (κ1) is 15.5. The predicted octanol–water partition coefficient (Wildman–Crippen LogP) is 3.26. The lowest BCUT2D eigenvalue weighted by Gasteiger charge is -2.38. The molecule has 16 heavy (non-hydrogen) atoms. The normalized spacial score (nSPS) is 13.8. The van der Waals surface area contributed by atoms with Gasteiger partial charge in [-0.2, -0.15) is 13.2 Å². The number of alkyl halides is 3. The highest BCUT2D eigenvalue weighted by molar-refractivity contribution is 6.76. The molecular formula is C10H20F3NOSi. The van der Waals surface area contributed by atoms with Gasteiger partial charge in [0.2, 0.25) is 0 Å². The molecule has 0 N–H and O–H groups in total. The van der Waals surface area contributed by atoms with Gasteiger partial charge in [0, 0.05) is 7.05 Å². The first-order valence-electron chi connectivity index (χ1n) is 5.12. The fraction of sp³-hybridized carbons (Fsp3) is 0.900. The summed E-state index contributed by atoms with van der Waals surface area (Å²) in [6.45, 7) is 9.46. The topological polar surface area (TPSA) is 20.3 Å². The number of hydrogen-bond acceptors (Lipinski definition) is 1. The SMILES string of the molecule is CN(C(=O)C(F)(F)F)[Si](C)(C)CC(C)(C)C. The summed E-state index contributed by atoms with van der Waals surface area (Å²) in [4.78, 5) is 11.1. The van der Waals surface area contributed by atoms with E-state index in [4.69, 9.17) is 0 Å². The largest absolute Gasteiger partial charge is 0.470 e. The number of amides is 1. The molecule has 0 aromatic rings. The summed E-state index contributed by atoms with van der Waals surface area (Å²) in [6.07, 6.45) is -4.77. The maximum Gasteiger partial charge on any atom is 0.470 e. The Morgan fingerprint density at radius 2 is 1.56 bits per heavy atom. The van der Waals surface area contributed by atoms with Crippen LogP contribution in [0.1, 0.15) is 20.8 Å². The summed E-state index contributed by atoms with van der Waals surface area (Å²) < 4.78 is 37.8. The Morgan fingerprint density at radius 1 is 1.19 bits per heavy atom. The van der Waals surface area contributed by atoms with Crippen molar-refractivity contribution in [2.24, 2.45) is 5.41 Å². The highest BCUT2D eigenvalue weighted by Crippen LogP contribution is 2.31. The third-order valence-corrected chi connectivity index (χ3v) is 6.36. The second-order valence-corrected chi connectivity index (χ2v) is 10.6. The minimum atomic E-state index is -4.77. The molecule has 0 radical (unpaired) electrons. The summed E-state index contributed by atoms with van der Waals surface area (Å²) in [5.74, 6) is -1.73. The molecule has 1 amide bonds. The van der Waals surface area contributed by atoms with Crippen LogP contribution in [0.15, 0.2) is 0 Å². The fourth-order valence-electron chi connectivity index (χ4n) is 1.88. The van der Waals surface area contributed by atoms with Gasteiger partial charge < -0.3 is 4.57 Å². The van der Waals surface area contributed by atoms with Crippen molar-refractivity contribution < 1.29 is 18.0 Å². The molecule has 6 heteroatoms. The maximum atomic E-state index is 12.3. The number of nitrogens with zero attached hydrogens (tertiary/aromatic N) is 1. The first-order chi connectivity index (χ1) is 6.77. The third-order valence-electron chi connectivity index (χ3n) is 2.42. The van der Waals surface area contributed by atoms with Gasteiger partial charge >= 0.3 is 12.1 Å². The lowest BCUT2D eigenvalue weighted by atomic mass is 10.0. The van der Waals surface area contributed by atoms with E-state index in [0.29, 0.717) is 6.04 Å². The molecule has 0 spiro atoms. The molecule has 0 aliphatic carbocycles. The lowest BCUT2D eigenvalue weighted by Crippen LogP contribution is -2.55. The molecule has 96 valence electrons. The van der Waals surface area contributed by atoms with Crippen molar-refractivity contribution in [1.29, 1.82) is 0 Å². The van der Waals surface area contributed by atoms with Crippen LogP contribution < -0.4 is 0 Å². The Morgan fingerprint density at radius 3 is 1.81 bits per heavy atom. The van der Waals surface area contributed by atoms with Crippen molar-refractivity contribution in [3.8, 4) is 0 Å². The van der Waals surface area contributed by atoms with Crippen molar-refractivity contribution in [3.05, 3.63) is 0 Å². The zero-order valence-electron chi connectivity index (χ0n) is 10.7. The van der Waals surface area contributed by atoms with Crippen molar-refractivity contribution in [1.82, 2.24) is 4.57 Å². The van der Waals surface area contributed by atoms with Crippen LogP contribution in [0.5, 0.6) is 0 Å². The van der Waals surface area contributed by atoms with E-state index in [1.165, 1.54) is 7.05 Å². The average molecular weight is 255 g/mol. The van der Waals surface area contributed by atoms with Gasteiger partial charge in [-0.1, -0.05) is 33.9 Å². The zero-order valence-corrected chi connectivity index (χ0v) is 11.7. The summed E-state index contributed by atoms with van der Waals surface area (Å²) >= 11 is 0. The van der Waals surface area contributed by atoms with Crippen LogP contribution in [-0.2, 0) is 4.79 Å². The molecule has 0 aromatic heterocycles. The van der Waals surface area contributed by atoms with Gasteiger partial charge in [-0.05, 0) is 11.5 Å². The van der Waals surface area contributed by atoms with E-state index >= 15 is 0 Å². The molecular weight excluding hydrogens is 235 g/mol.